The number of carbonyl (C=O) groups excluding carboxylic acids is 5. The Balaban J connectivity index is 0.000000344. The van der Waals surface area contributed by atoms with Crippen LogP contribution in [0.1, 0.15) is 423 Å². The first kappa shape index (κ1) is 99.5. The maximum Gasteiger partial charge on any atom is 0.312 e. The molecule has 19 saturated carbocycles. The molecule has 0 saturated heterocycles. The minimum atomic E-state index is -0.339. The average Bonchev–Trinajstić information content (AvgIpc) is 1.51. The third-order valence-corrected chi connectivity index (χ3v) is 33.6. The van der Waals surface area contributed by atoms with Crippen molar-refractivity contribution in [3.05, 3.63) is 0 Å². The molecule has 19 aliphatic carbocycles. The molecule has 1 spiro atoms. The van der Waals surface area contributed by atoms with Gasteiger partial charge in [-0.1, -0.05) is 135 Å². The highest BCUT2D eigenvalue weighted by Crippen LogP contribution is 2.74. The molecular formula is C98H182O10. The van der Waals surface area contributed by atoms with Gasteiger partial charge < -0.3 is 23.7 Å². The second-order valence-corrected chi connectivity index (χ2v) is 42.4. The summed E-state index contributed by atoms with van der Waals surface area (Å²) in [5, 5.41) is 0. The number of hydrogen-bond acceptors (Lipinski definition) is 10. The first-order chi connectivity index (χ1) is 46.8. The van der Waals surface area contributed by atoms with E-state index in [1.807, 2.05) is 62.3 Å². The van der Waals surface area contributed by atoms with Crippen LogP contribution in [0.4, 0.5) is 0 Å². The minimum Gasteiger partial charge on any atom is -0.465 e. The number of unbranched alkanes of at least 4 members (excludes halogenated alkanes) is 1. The van der Waals surface area contributed by atoms with Gasteiger partial charge in [0, 0.05) is 11.3 Å². The Morgan fingerprint density at radius 1 is 0.407 bits per heavy atom. The van der Waals surface area contributed by atoms with E-state index in [4.69, 9.17) is 23.7 Å². The van der Waals surface area contributed by atoms with E-state index in [9.17, 15) is 24.0 Å². The smallest absolute Gasteiger partial charge is 0.312 e. The molecule has 634 valence electrons. The van der Waals surface area contributed by atoms with Gasteiger partial charge in [0.2, 0.25) is 0 Å². The van der Waals surface area contributed by atoms with Crippen molar-refractivity contribution in [2.75, 3.05) is 6.61 Å². The monoisotopic (exact) mass is 1520 g/mol. The van der Waals surface area contributed by atoms with Crippen LogP contribution in [0.15, 0.2) is 0 Å². The van der Waals surface area contributed by atoms with E-state index in [1.165, 1.54) is 161 Å². The van der Waals surface area contributed by atoms with Crippen molar-refractivity contribution in [1.82, 2.24) is 0 Å². The lowest BCUT2D eigenvalue weighted by atomic mass is 9.49. The Labute approximate surface area is 669 Å². The molecule has 0 amide bonds. The normalized spacial score (nSPS) is 39.7. The first-order valence-corrected chi connectivity index (χ1v) is 42.9. The van der Waals surface area contributed by atoms with Crippen molar-refractivity contribution >= 4 is 29.8 Å². The highest BCUT2D eigenvalue weighted by molar-refractivity contribution is 5.78. The number of rotatable bonds is 19. The molecule has 0 aromatic heterocycles. The summed E-state index contributed by atoms with van der Waals surface area (Å²) in [6.07, 6.45) is 43.4. The van der Waals surface area contributed by atoms with Crippen molar-refractivity contribution in [3.8, 4) is 0 Å². The van der Waals surface area contributed by atoms with E-state index in [0.717, 1.165) is 135 Å². The van der Waals surface area contributed by atoms with E-state index in [-0.39, 0.29) is 139 Å². The van der Waals surface area contributed by atoms with Gasteiger partial charge in [-0.15, -0.1) is 0 Å². The molecule has 0 N–H and O–H groups in total. The molecule has 10 nitrogen and oxygen atoms in total. The average molecular weight is 1520 g/mol. The van der Waals surface area contributed by atoms with Gasteiger partial charge in [-0.2, -0.15) is 0 Å². The van der Waals surface area contributed by atoms with Gasteiger partial charge in [-0.3, -0.25) is 24.0 Å². The fourth-order valence-electron chi connectivity index (χ4n) is 26.4. The molecule has 19 rings (SSSR count). The standard InChI is InChI=1S/2C20H34O2.2C17H28O2.C16H26O2.8CH4/c1-7-13(2)17(21)22-19(6)10-11-20-12-16(19)18(4,5)15(20)9-8-14(20)3;1-5-7-8-20(22-18(21)19(3,4)6-2)16-10-14-9-15(12-16)13-17(20)11-14;1-5-16(2,3)15(18)19-17(4)13-7-11-6-12(9-13)10-14(17)8-11;1-4-16(2,3)15(18)19-11-17-8-12-5-13(9-17)7-14(6-12)10-17;1-4-15(2,3)14(17)18-16-8-11-5-12(9-16)7-13(6-11)10-16;;;;;;;;/h13-16H,7-12H2,1-6H3;14-17H,5-13H2,1-4H3;11-14H,5-10H2,1-4H3;12-14H,4-11H2,1-3H3;11-13H,4-10H2,1-3H3;8*1H4/t13?,14-,15?,16?,19?,20?;;;;;;;;;;;;/m1............/s1. The molecule has 6 atom stereocenters. The Bertz CT molecular complexity index is 2760. The second kappa shape index (κ2) is 37.1. The Hall–Kier alpha value is -2.65. The van der Waals surface area contributed by atoms with Gasteiger partial charge in [-0.25, -0.2) is 0 Å². The number of hydrogen-bond donors (Lipinski definition) is 0. The molecule has 108 heavy (non-hydrogen) atoms. The quantitative estimate of drug-likeness (QED) is 0.0910. The molecular weight excluding hydrogens is 1340 g/mol. The summed E-state index contributed by atoms with van der Waals surface area (Å²) in [5.74, 6) is 13.9. The number of carbonyl (C=O) groups is 5. The summed E-state index contributed by atoms with van der Waals surface area (Å²) in [6.45, 7) is 43.2. The van der Waals surface area contributed by atoms with E-state index in [2.05, 4.69) is 76.2 Å². The highest BCUT2D eigenvalue weighted by Gasteiger charge is 2.69. The third-order valence-electron chi connectivity index (χ3n) is 33.6. The van der Waals surface area contributed by atoms with E-state index in [1.54, 1.807) is 0 Å². The largest absolute Gasteiger partial charge is 0.465 e. The summed E-state index contributed by atoms with van der Waals surface area (Å²) in [6, 6.07) is 0. The van der Waals surface area contributed by atoms with Crippen LogP contribution in [0.3, 0.4) is 0 Å². The van der Waals surface area contributed by atoms with Crippen molar-refractivity contribution in [1.29, 1.82) is 0 Å². The van der Waals surface area contributed by atoms with Crippen molar-refractivity contribution in [2.45, 2.75) is 445 Å². The third kappa shape index (κ3) is 19.5. The maximum absolute atomic E-state index is 12.8. The van der Waals surface area contributed by atoms with Crippen LogP contribution in [0.5, 0.6) is 0 Å². The summed E-state index contributed by atoms with van der Waals surface area (Å²) in [5.41, 5.74) is -0.727. The van der Waals surface area contributed by atoms with Crippen LogP contribution in [0, 0.1) is 144 Å². The van der Waals surface area contributed by atoms with Crippen LogP contribution in [-0.2, 0) is 47.7 Å². The summed E-state index contributed by atoms with van der Waals surface area (Å²) in [7, 11) is 0. The van der Waals surface area contributed by atoms with E-state index in [0.29, 0.717) is 52.4 Å². The van der Waals surface area contributed by atoms with E-state index < -0.39 is 0 Å². The van der Waals surface area contributed by atoms with Crippen LogP contribution in [-0.4, -0.2) is 58.9 Å². The lowest BCUT2D eigenvalue weighted by Gasteiger charge is -2.60. The fraction of sp³-hybridized carbons (Fsp3) is 0.949. The van der Waals surface area contributed by atoms with E-state index >= 15 is 0 Å². The molecule has 19 aliphatic rings. The zero-order valence-corrected chi connectivity index (χ0v) is 67.9. The zero-order chi connectivity index (χ0) is 72.8. The van der Waals surface area contributed by atoms with Gasteiger partial charge >= 0.3 is 29.8 Å². The van der Waals surface area contributed by atoms with Gasteiger partial charge in [0.05, 0.1) is 34.2 Å². The molecule has 18 bridgehead atoms. The summed E-state index contributed by atoms with van der Waals surface area (Å²) < 4.78 is 30.5. The number of fused-ring (bicyclic) bond motifs is 1. The van der Waals surface area contributed by atoms with Crippen molar-refractivity contribution in [2.24, 2.45) is 144 Å². The lowest BCUT2D eigenvalue weighted by Crippen LogP contribution is -2.60. The lowest BCUT2D eigenvalue weighted by molar-refractivity contribution is -0.220. The van der Waals surface area contributed by atoms with Crippen LogP contribution >= 0.6 is 0 Å². The molecule has 0 radical (unpaired) electrons. The summed E-state index contributed by atoms with van der Waals surface area (Å²) >= 11 is 0. The van der Waals surface area contributed by atoms with Crippen molar-refractivity contribution in [3.63, 3.8) is 0 Å². The maximum atomic E-state index is 12.8. The Kier molecular flexibility index (Phi) is 34.2. The molecule has 5 unspecified atom stereocenters. The van der Waals surface area contributed by atoms with Crippen LogP contribution in [0.25, 0.3) is 0 Å². The number of ether oxygens (including phenoxy) is 5. The van der Waals surface area contributed by atoms with Gasteiger partial charge in [0.25, 0.3) is 0 Å². The minimum absolute atomic E-state index is 0. The fourth-order valence-corrected chi connectivity index (χ4v) is 26.4. The Morgan fingerprint density at radius 2 is 0.769 bits per heavy atom. The molecule has 0 aromatic carbocycles. The predicted molar refractivity (Wildman–Crippen MR) is 455 cm³/mol. The van der Waals surface area contributed by atoms with Crippen molar-refractivity contribution < 1.29 is 47.7 Å². The predicted octanol–water partition coefficient (Wildman–Crippen LogP) is 27.9. The number of esters is 5. The molecule has 0 heterocycles. The van der Waals surface area contributed by atoms with Gasteiger partial charge in [0.15, 0.2) is 0 Å². The second-order valence-electron chi connectivity index (χ2n) is 42.4. The first-order valence-electron chi connectivity index (χ1n) is 42.9. The topological polar surface area (TPSA) is 132 Å². The molecule has 19 fully saturated rings. The molecule has 0 aliphatic heterocycles. The van der Waals surface area contributed by atoms with Crippen LogP contribution in [0.2, 0.25) is 0 Å². The van der Waals surface area contributed by atoms with Gasteiger partial charge in [0.1, 0.15) is 22.4 Å². The highest BCUT2D eigenvalue weighted by atomic mass is 16.6. The summed E-state index contributed by atoms with van der Waals surface area (Å²) in [4.78, 5) is 62.3. The molecule has 10 heteroatoms. The Morgan fingerprint density at radius 3 is 1.16 bits per heavy atom. The zero-order valence-electron chi connectivity index (χ0n) is 67.9. The van der Waals surface area contributed by atoms with Crippen LogP contribution < -0.4 is 0 Å². The SMILES string of the molecule is C.C.C.C.C.C.C.C.CCC(C)(C)C(=O)OC1(C)C2CC3CC(C2)CC1C3.CCC(C)(C)C(=O)OC12CC3CC(CC(C3)C1)C2.CCC(C)(C)C(=O)OCC12CC3CC(CC(C3)C1)C2.CCC(C)C(=O)OC1(C)CCC23CC1C(C)(C)C2CC[C@H]3C.CCCCC1(OC(=O)C(C)(C)CC)C2CC3CC(C2)CC1C3. The van der Waals surface area contributed by atoms with Gasteiger partial charge in [-0.05, 0) is 393 Å². The molecule has 0 aromatic rings.